The molecule has 0 aliphatic heterocycles. The number of nitrogens with zero attached hydrogens (tertiary/aromatic N) is 3. The molecule has 1 N–H and O–H groups in total. The number of imidazole rings is 1. The van der Waals surface area contributed by atoms with Crippen molar-refractivity contribution in [3.8, 4) is 11.1 Å². The van der Waals surface area contributed by atoms with E-state index in [9.17, 15) is 14.9 Å². The first-order chi connectivity index (χ1) is 12.0. The van der Waals surface area contributed by atoms with Crippen molar-refractivity contribution in [2.24, 2.45) is 5.92 Å². The van der Waals surface area contributed by atoms with Gasteiger partial charge in [-0.05, 0) is 48.6 Å². The number of amides is 1. The van der Waals surface area contributed by atoms with Crippen LogP contribution in [0.1, 0.15) is 18.4 Å². The molecule has 2 aromatic heterocycles. The minimum atomic E-state index is -0.399. The van der Waals surface area contributed by atoms with Gasteiger partial charge < -0.3 is 9.72 Å². The Hall–Kier alpha value is -3.22. The summed E-state index contributed by atoms with van der Waals surface area (Å²) in [7, 11) is 0. The first kappa shape index (κ1) is 15.3. The summed E-state index contributed by atoms with van der Waals surface area (Å²) >= 11 is 0. The van der Waals surface area contributed by atoms with Gasteiger partial charge in [0.25, 0.3) is 5.69 Å². The van der Waals surface area contributed by atoms with Crippen molar-refractivity contribution in [1.29, 1.82) is 0 Å². The minimum Gasteiger partial charge on any atom is -0.309 e. The molecule has 0 bridgehead atoms. The van der Waals surface area contributed by atoms with Crippen LogP contribution in [0.25, 0.3) is 16.8 Å². The van der Waals surface area contributed by atoms with Crippen LogP contribution in [-0.4, -0.2) is 20.2 Å². The second-order valence-electron chi connectivity index (χ2n) is 6.33. The van der Waals surface area contributed by atoms with E-state index in [1.807, 2.05) is 29.7 Å². The van der Waals surface area contributed by atoms with Gasteiger partial charge in [0.2, 0.25) is 5.91 Å². The molecule has 7 nitrogen and oxygen atoms in total. The number of pyridine rings is 1. The van der Waals surface area contributed by atoms with E-state index in [0.717, 1.165) is 29.5 Å². The van der Waals surface area contributed by atoms with E-state index >= 15 is 0 Å². The molecule has 1 aliphatic carbocycles. The lowest BCUT2D eigenvalue weighted by Gasteiger charge is -2.06. The van der Waals surface area contributed by atoms with Gasteiger partial charge in [-0.25, -0.2) is 4.98 Å². The van der Waals surface area contributed by atoms with Crippen molar-refractivity contribution < 1.29 is 9.72 Å². The Morgan fingerprint density at radius 3 is 2.80 bits per heavy atom. The van der Waals surface area contributed by atoms with Crippen molar-refractivity contribution in [3.63, 3.8) is 0 Å². The van der Waals surface area contributed by atoms with Gasteiger partial charge in [-0.2, -0.15) is 0 Å². The summed E-state index contributed by atoms with van der Waals surface area (Å²) in [5.74, 6) is 0.649. The van der Waals surface area contributed by atoms with Crippen molar-refractivity contribution in [2.45, 2.75) is 19.8 Å². The number of nitro benzene ring substituents is 1. The highest BCUT2D eigenvalue weighted by Crippen LogP contribution is 2.31. The maximum atomic E-state index is 11.9. The smallest absolute Gasteiger partial charge is 0.270 e. The standard InChI is InChI=1S/C18H16N4O3/c1-11-2-6-14(22(24)25)8-15(11)13-5-7-17-19-16(10-21(17)9-13)20-18(23)12-3-4-12/h2,5-10,12H,3-4H2,1H3,(H,20,23). The van der Waals surface area contributed by atoms with Crippen molar-refractivity contribution in [2.75, 3.05) is 5.32 Å². The number of fused-ring (bicyclic) bond motifs is 1. The van der Waals surface area contributed by atoms with Gasteiger partial charge in [0.1, 0.15) is 5.65 Å². The number of hydrogen-bond donors (Lipinski definition) is 1. The second-order valence-corrected chi connectivity index (χ2v) is 6.33. The molecular formula is C18H16N4O3. The molecule has 126 valence electrons. The third-order valence-corrected chi connectivity index (χ3v) is 4.39. The topological polar surface area (TPSA) is 89.5 Å². The van der Waals surface area contributed by atoms with Crippen molar-refractivity contribution in [1.82, 2.24) is 9.38 Å². The maximum absolute atomic E-state index is 11.9. The zero-order chi connectivity index (χ0) is 17.6. The Kier molecular flexibility index (Phi) is 3.49. The normalized spacial score (nSPS) is 13.8. The number of non-ortho nitro benzene ring substituents is 1. The Morgan fingerprint density at radius 1 is 1.28 bits per heavy atom. The number of carbonyl (C=O) groups is 1. The van der Waals surface area contributed by atoms with Gasteiger partial charge in [0.15, 0.2) is 5.82 Å². The fourth-order valence-electron chi connectivity index (χ4n) is 2.82. The average molecular weight is 336 g/mol. The summed E-state index contributed by atoms with van der Waals surface area (Å²) in [6.07, 6.45) is 5.50. The number of anilines is 1. The Balaban J connectivity index is 1.70. The summed E-state index contributed by atoms with van der Waals surface area (Å²) in [5.41, 5.74) is 3.37. The number of nitro groups is 1. The number of nitrogens with one attached hydrogen (secondary N) is 1. The van der Waals surface area contributed by atoms with Gasteiger partial charge >= 0.3 is 0 Å². The third kappa shape index (κ3) is 2.96. The summed E-state index contributed by atoms with van der Waals surface area (Å²) in [5, 5.41) is 13.9. The summed E-state index contributed by atoms with van der Waals surface area (Å²) in [4.78, 5) is 26.9. The average Bonchev–Trinajstić information content (AvgIpc) is 3.35. The molecule has 1 fully saturated rings. The quantitative estimate of drug-likeness (QED) is 0.582. The minimum absolute atomic E-state index is 0.0122. The van der Waals surface area contributed by atoms with Gasteiger partial charge in [-0.15, -0.1) is 0 Å². The van der Waals surface area contributed by atoms with E-state index < -0.39 is 4.92 Å². The lowest BCUT2D eigenvalue weighted by molar-refractivity contribution is -0.384. The molecule has 7 heteroatoms. The largest absolute Gasteiger partial charge is 0.309 e. The van der Waals surface area contributed by atoms with Crippen molar-refractivity contribution >= 4 is 23.1 Å². The Labute approximate surface area is 143 Å². The van der Waals surface area contributed by atoms with Gasteiger partial charge in [0, 0.05) is 24.2 Å². The lowest BCUT2D eigenvalue weighted by atomic mass is 10.0. The molecule has 0 saturated heterocycles. The molecule has 0 atom stereocenters. The van der Waals surface area contributed by atoms with Gasteiger partial charge in [-0.3, -0.25) is 14.9 Å². The van der Waals surface area contributed by atoms with E-state index in [0.29, 0.717) is 11.5 Å². The van der Waals surface area contributed by atoms with Crippen LogP contribution in [0.2, 0.25) is 0 Å². The fraction of sp³-hybridized carbons (Fsp3) is 0.222. The fourth-order valence-corrected chi connectivity index (χ4v) is 2.82. The predicted molar refractivity (Wildman–Crippen MR) is 93.4 cm³/mol. The van der Waals surface area contributed by atoms with E-state index in [2.05, 4.69) is 10.3 Å². The molecule has 4 rings (SSSR count). The van der Waals surface area contributed by atoms with Crippen LogP contribution in [-0.2, 0) is 4.79 Å². The highest BCUT2D eigenvalue weighted by molar-refractivity contribution is 5.93. The first-order valence-electron chi connectivity index (χ1n) is 8.06. The van der Waals surface area contributed by atoms with Crippen LogP contribution in [0, 0.1) is 23.0 Å². The summed E-state index contributed by atoms with van der Waals surface area (Å²) in [6, 6.07) is 8.53. The van der Waals surface area contributed by atoms with Crippen LogP contribution in [0.5, 0.6) is 0 Å². The number of benzene rings is 1. The SMILES string of the molecule is Cc1ccc([N+](=O)[O-])cc1-c1ccc2nc(NC(=O)C3CC3)cn2c1. The predicted octanol–water partition coefficient (Wildman–Crippen LogP) is 3.57. The van der Waals surface area contributed by atoms with Crippen LogP contribution in [0.3, 0.4) is 0 Å². The molecule has 3 aromatic rings. The molecule has 25 heavy (non-hydrogen) atoms. The van der Waals surface area contributed by atoms with E-state index in [1.54, 1.807) is 18.3 Å². The van der Waals surface area contributed by atoms with E-state index in [-0.39, 0.29) is 17.5 Å². The lowest BCUT2D eigenvalue weighted by Crippen LogP contribution is -2.13. The van der Waals surface area contributed by atoms with Gasteiger partial charge in [0.05, 0.1) is 11.1 Å². The van der Waals surface area contributed by atoms with Crippen LogP contribution in [0.15, 0.2) is 42.7 Å². The molecule has 0 radical (unpaired) electrons. The highest BCUT2D eigenvalue weighted by Gasteiger charge is 2.30. The van der Waals surface area contributed by atoms with Gasteiger partial charge in [-0.1, -0.05) is 6.07 Å². The van der Waals surface area contributed by atoms with E-state index in [1.165, 1.54) is 6.07 Å². The molecule has 1 saturated carbocycles. The molecule has 2 heterocycles. The molecule has 0 spiro atoms. The first-order valence-corrected chi connectivity index (χ1v) is 8.06. The zero-order valence-electron chi connectivity index (χ0n) is 13.6. The molecule has 0 unspecified atom stereocenters. The van der Waals surface area contributed by atoms with Crippen molar-refractivity contribution in [3.05, 3.63) is 58.4 Å². The Morgan fingerprint density at radius 2 is 2.08 bits per heavy atom. The number of aryl methyl sites for hydroxylation is 1. The van der Waals surface area contributed by atoms with Crippen LogP contribution >= 0.6 is 0 Å². The second kappa shape index (κ2) is 5.70. The number of carbonyl (C=O) groups excluding carboxylic acids is 1. The molecule has 1 aromatic carbocycles. The third-order valence-electron chi connectivity index (χ3n) is 4.39. The molecule has 1 amide bonds. The number of hydrogen-bond acceptors (Lipinski definition) is 4. The molecular weight excluding hydrogens is 320 g/mol. The monoisotopic (exact) mass is 336 g/mol. The van der Waals surface area contributed by atoms with Crippen LogP contribution < -0.4 is 5.32 Å². The van der Waals surface area contributed by atoms with E-state index in [4.69, 9.17) is 0 Å². The number of rotatable bonds is 4. The zero-order valence-corrected chi connectivity index (χ0v) is 13.6. The molecule has 1 aliphatic rings. The summed E-state index contributed by atoms with van der Waals surface area (Å²) in [6.45, 7) is 1.92. The maximum Gasteiger partial charge on any atom is 0.270 e. The van der Waals surface area contributed by atoms with Crippen LogP contribution in [0.4, 0.5) is 11.5 Å². The summed E-state index contributed by atoms with van der Waals surface area (Å²) < 4.78 is 1.82. The Bertz CT molecular complexity index is 1000. The number of aromatic nitrogens is 2. The highest BCUT2D eigenvalue weighted by atomic mass is 16.6.